The van der Waals surface area contributed by atoms with E-state index in [0.29, 0.717) is 5.56 Å². The predicted molar refractivity (Wildman–Crippen MR) is 92.8 cm³/mol. The summed E-state index contributed by atoms with van der Waals surface area (Å²) in [6.07, 6.45) is 3.84. The summed E-state index contributed by atoms with van der Waals surface area (Å²) in [6.45, 7) is 3.59. The number of halogens is 3. The molecule has 1 atom stereocenters. The van der Waals surface area contributed by atoms with E-state index in [2.05, 4.69) is 10.2 Å². The van der Waals surface area contributed by atoms with Crippen LogP contribution < -0.4 is 5.32 Å². The van der Waals surface area contributed by atoms with Gasteiger partial charge in [0.25, 0.3) is 5.91 Å². The number of likely N-dealkylation sites (tertiary alicyclic amines) is 1. The van der Waals surface area contributed by atoms with Crippen LogP contribution in [0.15, 0.2) is 24.3 Å². The zero-order valence-corrected chi connectivity index (χ0v) is 14.9. The Labute approximate surface area is 146 Å². The fraction of sp³-hybridized carbons (Fsp3) is 0.562. The van der Waals surface area contributed by atoms with Gasteiger partial charge in [-0.2, -0.15) is 0 Å². The lowest BCUT2D eigenvalue weighted by atomic mass is 10.1. The van der Waals surface area contributed by atoms with E-state index in [1.54, 1.807) is 6.07 Å². The quantitative estimate of drug-likeness (QED) is 0.812. The third-order valence-corrected chi connectivity index (χ3v) is 4.48. The van der Waals surface area contributed by atoms with Gasteiger partial charge in [-0.05, 0) is 31.9 Å². The van der Waals surface area contributed by atoms with Gasteiger partial charge in [-0.1, -0.05) is 65.3 Å². The summed E-state index contributed by atoms with van der Waals surface area (Å²) in [5.74, 6) is -0.218. The Kier molecular flexibility index (Phi) is 6.39. The van der Waals surface area contributed by atoms with Crippen LogP contribution in [-0.2, 0) is 0 Å². The molecule has 1 heterocycles. The van der Waals surface area contributed by atoms with Gasteiger partial charge in [0, 0.05) is 18.7 Å². The maximum Gasteiger partial charge on any atom is 0.252 e. The number of amides is 1. The Hall–Kier alpha value is -0.480. The molecule has 3 nitrogen and oxygen atoms in total. The van der Waals surface area contributed by atoms with Crippen LogP contribution in [0.3, 0.4) is 0 Å². The van der Waals surface area contributed by atoms with Crippen molar-refractivity contribution in [2.24, 2.45) is 0 Å². The molecule has 1 aromatic carbocycles. The summed E-state index contributed by atoms with van der Waals surface area (Å²) >= 11 is 18.4. The Morgan fingerprint density at radius 2 is 1.82 bits per heavy atom. The fourth-order valence-electron chi connectivity index (χ4n) is 2.73. The summed E-state index contributed by atoms with van der Waals surface area (Å²) in [6, 6.07) is 7.38. The number of alkyl halides is 3. The highest BCUT2D eigenvalue weighted by atomic mass is 35.6. The standard InChI is InChI=1S/C16H21Cl3N2O/c1-12-7-6-8-13(11-12)14(22)20-15(16(17,18)19)21-9-4-2-3-5-10-21/h6-8,11,15H,2-5,9-10H2,1H3,(H,20,22)/t15-/m1/s1. The normalized spacial score (nSPS) is 18.5. The molecular weight excluding hydrogens is 343 g/mol. The second kappa shape index (κ2) is 7.87. The summed E-state index contributed by atoms with van der Waals surface area (Å²) in [7, 11) is 0. The van der Waals surface area contributed by atoms with E-state index in [0.717, 1.165) is 31.5 Å². The number of benzene rings is 1. The number of hydrogen-bond acceptors (Lipinski definition) is 2. The van der Waals surface area contributed by atoms with Gasteiger partial charge in [0.1, 0.15) is 6.17 Å². The Bertz CT molecular complexity index is 508. The van der Waals surface area contributed by atoms with Crippen molar-refractivity contribution in [3.05, 3.63) is 35.4 Å². The molecule has 0 aliphatic carbocycles. The second-order valence-electron chi connectivity index (χ2n) is 5.74. The third-order valence-electron chi connectivity index (χ3n) is 3.86. The van der Waals surface area contributed by atoms with Gasteiger partial charge in [-0.15, -0.1) is 0 Å². The van der Waals surface area contributed by atoms with Crippen molar-refractivity contribution in [3.63, 3.8) is 0 Å². The average molecular weight is 364 g/mol. The van der Waals surface area contributed by atoms with Gasteiger partial charge in [0.2, 0.25) is 3.79 Å². The average Bonchev–Trinajstić information content (AvgIpc) is 2.72. The molecule has 1 fully saturated rings. The molecule has 22 heavy (non-hydrogen) atoms. The molecule has 0 radical (unpaired) electrons. The first-order valence-electron chi connectivity index (χ1n) is 7.56. The lowest BCUT2D eigenvalue weighted by molar-refractivity contribution is 0.0853. The van der Waals surface area contributed by atoms with Crippen LogP contribution >= 0.6 is 34.8 Å². The first-order valence-corrected chi connectivity index (χ1v) is 8.69. The lowest BCUT2D eigenvalue weighted by Gasteiger charge is -2.35. The molecule has 122 valence electrons. The van der Waals surface area contributed by atoms with Crippen LogP contribution in [0, 0.1) is 6.92 Å². The van der Waals surface area contributed by atoms with E-state index < -0.39 is 9.96 Å². The summed E-state index contributed by atoms with van der Waals surface area (Å²) < 4.78 is -1.57. The van der Waals surface area contributed by atoms with Crippen molar-refractivity contribution >= 4 is 40.7 Å². The largest absolute Gasteiger partial charge is 0.332 e. The molecule has 1 amide bonds. The predicted octanol–water partition coefficient (Wildman–Crippen LogP) is 4.30. The van der Waals surface area contributed by atoms with Crippen molar-refractivity contribution in [1.29, 1.82) is 0 Å². The Morgan fingerprint density at radius 3 is 2.36 bits per heavy atom. The molecule has 1 saturated heterocycles. The van der Waals surface area contributed by atoms with Crippen LogP contribution in [0.25, 0.3) is 0 Å². The van der Waals surface area contributed by atoms with Crippen molar-refractivity contribution in [2.45, 2.75) is 42.6 Å². The first kappa shape index (κ1) is 17.9. The molecule has 0 saturated carbocycles. The third kappa shape index (κ3) is 5.02. The zero-order valence-electron chi connectivity index (χ0n) is 12.6. The molecule has 0 unspecified atom stereocenters. The second-order valence-corrected chi connectivity index (χ2v) is 8.11. The highest BCUT2D eigenvalue weighted by Crippen LogP contribution is 2.33. The SMILES string of the molecule is Cc1cccc(C(=O)N[C@H](N2CCCCCC2)C(Cl)(Cl)Cl)c1. The molecule has 1 aliphatic heterocycles. The van der Waals surface area contributed by atoms with E-state index in [9.17, 15) is 4.79 Å². The zero-order chi connectivity index (χ0) is 16.2. The number of rotatable bonds is 3. The topological polar surface area (TPSA) is 32.3 Å². The molecule has 0 aromatic heterocycles. The van der Waals surface area contributed by atoms with E-state index >= 15 is 0 Å². The van der Waals surface area contributed by atoms with Crippen LogP contribution in [0.2, 0.25) is 0 Å². The van der Waals surface area contributed by atoms with Gasteiger partial charge in [0.15, 0.2) is 0 Å². The van der Waals surface area contributed by atoms with Crippen molar-refractivity contribution < 1.29 is 4.79 Å². The van der Waals surface area contributed by atoms with E-state index in [1.165, 1.54) is 12.8 Å². The van der Waals surface area contributed by atoms with Crippen LogP contribution in [0.4, 0.5) is 0 Å². The van der Waals surface area contributed by atoms with Gasteiger partial charge in [-0.25, -0.2) is 0 Å². The number of nitrogens with zero attached hydrogens (tertiary/aromatic N) is 1. The number of carbonyl (C=O) groups excluding carboxylic acids is 1. The molecule has 1 aromatic rings. The van der Waals surface area contributed by atoms with Gasteiger partial charge in [-0.3, -0.25) is 9.69 Å². The molecule has 0 spiro atoms. The molecule has 1 aliphatic rings. The minimum absolute atomic E-state index is 0.218. The minimum Gasteiger partial charge on any atom is -0.332 e. The van der Waals surface area contributed by atoms with Crippen LogP contribution in [0.5, 0.6) is 0 Å². The monoisotopic (exact) mass is 362 g/mol. The fourth-order valence-corrected chi connectivity index (χ4v) is 3.30. The minimum atomic E-state index is -1.57. The summed E-state index contributed by atoms with van der Waals surface area (Å²) in [5.41, 5.74) is 1.60. The van der Waals surface area contributed by atoms with Crippen molar-refractivity contribution in [3.8, 4) is 0 Å². The number of aryl methyl sites for hydroxylation is 1. The molecule has 0 bridgehead atoms. The maximum atomic E-state index is 12.5. The van der Waals surface area contributed by atoms with Crippen molar-refractivity contribution in [2.75, 3.05) is 13.1 Å². The van der Waals surface area contributed by atoms with Gasteiger partial charge in [0.05, 0.1) is 0 Å². The van der Waals surface area contributed by atoms with Gasteiger partial charge < -0.3 is 5.32 Å². The van der Waals surface area contributed by atoms with Crippen molar-refractivity contribution in [1.82, 2.24) is 10.2 Å². The van der Waals surface area contributed by atoms with E-state index in [1.807, 2.05) is 25.1 Å². The highest BCUT2D eigenvalue weighted by molar-refractivity contribution is 6.68. The van der Waals surface area contributed by atoms with Crippen LogP contribution in [-0.4, -0.2) is 33.9 Å². The Morgan fingerprint density at radius 1 is 1.18 bits per heavy atom. The lowest BCUT2D eigenvalue weighted by Crippen LogP contribution is -2.55. The van der Waals surface area contributed by atoms with E-state index in [4.69, 9.17) is 34.8 Å². The smallest absolute Gasteiger partial charge is 0.252 e. The van der Waals surface area contributed by atoms with E-state index in [-0.39, 0.29) is 5.91 Å². The highest BCUT2D eigenvalue weighted by Gasteiger charge is 2.38. The molecular formula is C16H21Cl3N2O. The molecule has 6 heteroatoms. The molecule has 1 N–H and O–H groups in total. The maximum absolute atomic E-state index is 12.5. The summed E-state index contributed by atoms with van der Waals surface area (Å²) in [5, 5.41) is 2.89. The number of hydrogen-bond donors (Lipinski definition) is 1. The summed E-state index contributed by atoms with van der Waals surface area (Å²) in [4.78, 5) is 14.5. The number of carbonyl (C=O) groups is 1. The first-order chi connectivity index (χ1) is 10.4. The van der Waals surface area contributed by atoms with Crippen LogP contribution in [0.1, 0.15) is 41.6 Å². The molecule has 2 rings (SSSR count). The number of nitrogens with one attached hydrogen (secondary N) is 1. The Balaban J connectivity index is 2.14. The van der Waals surface area contributed by atoms with Gasteiger partial charge >= 0.3 is 0 Å².